The first kappa shape index (κ1) is 16.4. The highest BCUT2D eigenvalue weighted by Gasteiger charge is 2.43. The molecular formula is C15H30N2O2. The first-order valence-corrected chi connectivity index (χ1v) is 7.71. The molecular weight excluding hydrogens is 240 g/mol. The van der Waals surface area contributed by atoms with Gasteiger partial charge in [-0.25, -0.2) is 0 Å². The van der Waals surface area contributed by atoms with Gasteiger partial charge in [-0.15, -0.1) is 0 Å². The van der Waals surface area contributed by atoms with E-state index in [-0.39, 0.29) is 0 Å². The van der Waals surface area contributed by atoms with Crippen molar-refractivity contribution >= 4 is 5.97 Å². The third-order valence-corrected chi connectivity index (χ3v) is 4.35. The van der Waals surface area contributed by atoms with Crippen molar-refractivity contribution in [2.45, 2.75) is 77.4 Å². The third-order valence-electron chi connectivity index (χ3n) is 4.35. The normalized spacial score (nSPS) is 28.0. The zero-order valence-electron chi connectivity index (χ0n) is 12.9. The van der Waals surface area contributed by atoms with Crippen LogP contribution in [0.2, 0.25) is 0 Å². The molecule has 0 heterocycles. The molecule has 1 aliphatic rings. The van der Waals surface area contributed by atoms with Crippen molar-refractivity contribution < 1.29 is 9.90 Å². The Morgan fingerprint density at radius 2 is 2.16 bits per heavy atom. The van der Waals surface area contributed by atoms with E-state index in [0.717, 1.165) is 45.2 Å². The summed E-state index contributed by atoms with van der Waals surface area (Å²) in [4.78, 5) is 14.2. The van der Waals surface area contributed by atoms with Crippen LogP contribution in [0.15, 0.2) is 0 Å². The number of nitrogens with zero attached hydrogens (tertiary/aromatic N) is 1. The lowest BCUT2D eigenvalue weighted by molar-refractivity contribution is -0.147. The molecule has 2 unspecified atom stereocenters. The highest BCUT2D eigenvalue weighted by Crippen LogP contribution is 2.32. The maximum absolute atomic E-state index is 11.7. The van der Waals surface area contributed by atoms with E-state index < -0.39 is 11.5 Å². The molecule has 0 bridgehead atoms. The molecule has 1 saturated carbocycles. The Labute approximate surface area is 117 Å². The van der Waals surface area contributed by atoms with Crippen molar-refractivity contribution in [3.8, 4) is 0 Å². The van der Waals surface area contributed by atoms with E-state index in [1.165, 1.54) is 0 Å². The van der Waals surface area contributed by atoms with Gasteiger partial charge in [0.1, 0.15) is 5.54 Å². The number of hydrogen-bond donors (Lipinski definition) is 2. The summed E-state index contributed by atoms with van der Waals surface area (Å²) < 4.78 is 0. The second-order valence-electron chi connectivity index (χ2n) is 5.99. The van der Waals surface area contributed by atoms with Crippen molar-refractivity contribution in [1.82, 2.24) is 10.2 Å². The minimum absolute atomic E-state index is 0.388. The summed E-state index contributed by atoms with van der Waals surface area (Å²) in [7, 11) is 0. The SMILES string of the molecule is CCCNC1(C(=O)O)CCCC(N(CC)C(C)C)C1. The van der Waals surface area contributed by atoms with E-state index >= 15 is 0 Å². The van der Waals surface area contributed by atoms with Gasteiger partial charge in [-0.1, -0.05) is 13.8 Å². The van der Waals surface area contributed by atoms with Gasteiger partial charge in [-0.2, -0.15) is 0 Å². The molecule has 19 heavy (non-hydrogen) atoms. The zero-order chi connectivity index (χ0) is 14.5. The molecule has 0 aromatic carbocycles. The molecule has 0 radical (unpaired) electrons. The lowest BCUT2D eigenvalue weighted by Gasteiger charge is -2.44. The Morgan fingerprint density at radius 1 is 1.47 bits per heavy atom. The smallest absolute Gasteiger partial charge is 0.323 e. The third kappa shape index (κ3) is 3.93. The van der Waals surface area contributed by atoms with Gasteiger partial charge in [0, 0.05) is 12.1 Å². The maximum Gasteiger partial charge on any atom is 0.323 e. The Kier molecular flexibility index (Phi) is 6.27. The van der Waals surface area contributed by atoms with Crippen molar-refractivity contribution in [3.05, 3.63) is 0 Å². The maximum atomic E-state index is 11.7. The standard InChI is InChI=1S/C15H30N2O2/c1-5-10-16-15(14(18)19)9-7-8-13(11-15)17(6-2)12(3)4/h12-13,16H,5-11H2,1-4H3,(H,18,19). The number of carbonyl (C=O) groups is 1. The fourth-order valence-corrected chi connectivity index (χ4v) is 3.37. The zero-order valence-corrected chi connectivity index (χ0v) is 12.9. The number of aliphatic carboxylic acids is 1. The number of hydrogen-bond acceptors (Lipinski definition) is 3. The predicted octanol–water partition coefficient (Wildman–Crippen LogP) is 2.48. The van der Waals surface area contributed by atoms with Crippen molar-refractivity contribution in [3.63, 3.8) is 0 Å². The summed E-state index contributed by atoms with van der Waals surface area (Å²) in [5.74, 6) is -0.676. The van der Waals surface area contributed by atoms with Gasteiger partial charge in [0.25, 0.3) is 0 Å². The van der Waals surface area contributed by atoms with Crippen LogP contribution in [0.1, 0.15) is 59.8 Å². The Hall–Kier alpha value is -0.610. The number of nitrogens with one attached hydrogen (secondary N) is 1. The molecule has 112 valence electrons. The minimum Gasteiger partial charge on any atom is -0.480 e. The number of rotatable bonds is 7. The molecule has 4 nitrogen and oxygen atoms in total. The second kappa shape index (κ2) is 7.25. The lowest BCUT2D eigenvalue weighted by atomic mass is 9.78. The summed E-state index contributed by atoms with van der Waals surface area (Å²) in [6.45, 7) is 10.4. The monoisotopic (exact) mass is 270 g/mol. The van der Waals surface area contributed by atoms with Crippen LogP contribution in [0, 0.1) is 0 Å². The Balaban J connectivity index is 2.81. The van der Waals surface area contributed by atoms with Crippen LogP contribution in [0.25, 0.3) is 0 Å². The van der Waals surface area contributed by atoms with E-state index in [4.69, 9.17) is 0 Å². The largest absolute Gasteiger partial charge is 0.480 e. The van der Waals surface area contributed by atoms with Crippen LogP contribution in [0.4, 0.5) is 0 Å². The fraction of sp³-hybridized carbons (Fsp3) is 0.933. The molecule has 2 N–H and O–H groups in total. The summed E-state index contributed by atoms with van der Waals surface area (Å²) in [5.41, 5.74) is -0.707. The lowest BCUT2D eigenvalue weighted by Crippen LogP contribution is -2.59. The summed E-state index contributed by atoms with van der Waals surface area (Å²) in [6.07, 6.45) is 4.58. The highest BCUT2D eigenvalue weighted by molar-refractivity contribution is 5.79. The quantitative estimate of drug-likeness (QED) is 0.746. The number of carboxylic acid groups (broad SMARTS) is 1. The van der Waals surface area contributed by atoms with Crippen LogP contribution in [-0.4, -0.2) is 46.7 Å². The van der Waals surface area contributed by atoms with Crippen molar-refractivity contribution in [1.29, 1.82) is 0 Å². The van der Waals surface area contributed by atoms with Crippen LogP contribution < -0.4 is 5.32 Å². The first-order valence-electron chi connectivity index (χ1n) is 7.71. The van der Waals surface area contributed by atoms with Crippen LogP contribution >= 0.6 is 0 Å². The van der Waals surface area contributed by atoms with E-state index in [9.17, 15) is 9.90 Å². The van der Waals surface area contributed by atoms with E-state index in [0.29, 0.717) is 12.1 Å². The van der Waals surface area contributed by atoms with Gasteiger partial charge in [0.15, 0.2) is 0 Å². The van der Waals surface area contributed by atoms with Crippen molar-refractivity contribution in [2.24, 2.45) is 0 Å². The number of carboxylic acids is 1. The summed E-state index contributed by atoms with van der Waals surface area (Å²) in [5, 5.41) is 13.0. The van der Waals surface area contributed by atoms with Crippen molar-refractivity contribution in [2.75, 3.05) is 13.1 Å². The van der Waals surface area contributed by atoms with E-state index in [2.05, 4.69) is 37.9 Å². The topological polar surface area (TPSA) is 52.6 Å². The molecule has 0 aliphatic heterocycles. The van der Waals surface area contributed by atoms with Crippen LogP contribution in [0.5, 0.6) is 0 Å². The van der Waals surface area contributed by atoms with Gasteiger partial charge in [-0.05, 0) is 59.0 Å². The molecule has 1 fully saturated rings. The van der Waals surface area contributed by atoms with Crippen LogP contribution in [-0.2, 0) is 4.79 Å². The molecule has 1 aliphatic carbocycles. The molecule has 4 heteroatoms. The molecule has 0 aromatic rings. The second-order valence-corrected chi connectivity index (χ2v) is 5.99. The van der Waals surface area contributed by atoms with Gasteiger partial charge in [0.05, 0.1) is 0 Å². The highest BCUT2D eigenvalue weighted by atomic mass is 16.4. The van der Waals surface area contributed by atoms with E-state index in [1.54, 1.807) is 0 Å². The molecule has 2 atom stereocenters. The molecule has 1 rings (SSSR count). The van der Waals surface area contributed by atoms with Gasteiger partial charge >= 0.3 is 5.97 Å². The van der Waals surface area contributed by atoms with Gasteiger partial charge < -0.3 is 10.4 Å². The van der Waals surface area contributed by atoms with E-state index in [1.807, 2.05) is 0 Å². The average Bonchev–Trinajstić information content (AvgIpc) is 2.37. The molecule has 0 saturated heterocycles. The van der Waals surface area contributed by atoms with Gasteiger partial charge in [-0.3, -0.25) is 9.69 Å². The summed E-state index contributed by atoms with van der Waals surface area (Å²) >= 11 is 0. The van der Waals surface area contributed by atoms with Crippen LogP contribution in [0.3, 0.4) is 0 Å². The molecule has 0 aromatic heterocycles. The first-order chi connectivity index (χ1) is 8.96. The van der Waals surface area contributed by atoms with Gasteiger partial charge in [0.2, 0.25) is 0 Å². The predicted molar refractivity (Wildman–Crippen MR) is 78.4 cm³/mol. The fourth-order valence-electron chi connectivity index (χ4n) is 3.37. The molecule has 0 spiro atoms. The Bertz CT molecular complexity index is 294. The minimum atomic E-state index is -0.707. The average molecular weight is 270 g/mol. The summed E-state index contributed by atoms with van der Waals surface area (Å²) in [6, 6.07) is 0.866. The molecule has 0 amide bonds. The Morgan fingerprint density at radius 3 is 2.63 bits per heavy atom.